The Labute approximate surface area is 75.8 Å². The fourth-order valence-corrected chi connectivity index (χ4v) is 1.66. The van der Waals surface area contributed by atoms with Gasteiger partial charge in [0.05, 0.1) is 6.04 Å². The van der Waals surface area contributed by atoms with Crippen LogP contribution < -0.4 is 5.32 Å². The van der Waals surface area contributed by atoms with Crippen LogP contribution >= 0.6 is 0 Å². The van der Waals surface area contributed by atoms with E-state index in [4.69, 9.17) is 0 Å². The first-order valence-electron chi connectivity index (χ1n) is 4.32. The van der Waals surface area contributed by atoms with Crippen molar-refractivity contribution in [2.24, 2.45) is 0 Å². The monoisotopic (exact) mass is 179 g/mol. The smallest absolute Gasteiger partial charge is 0.252 e. The molecule has 0 aromatic heterocycles. The van der Waals surface area contributed by atoms with Crippen LogP contribution in [0.3, 0.4) is 0 Å². The van der Waals surface area contributed by atoms with Gasteiger partial charge in [-0.15, -0.1) is 0 Å². The second kappa shape index (κ2) is 2.83. The highest BCUT2D eigenvalue weighted by Crippen LogP contribution is 2.27. The van der Waals surface area contributed by atoms with Gasteiger partial charge in [0.1, 0.15) is 5.82 Å². The molecule has 2 nitrogen and oxygen atoms in total. The zero-order valence-corrected chi connectivity index (χ0v) is 7.30. The topological polar surface area (TPSA) is 29.1 Å². The number of benzene rings is 1. The number of carbonyl (C=O) groups excluding carboxylic acids is 1. The SMILES string of the molecule is CCC1NC(=O)c2ccc(F)cc21. The van der Waals surface area contributed by atoms with E-state index in [0.717, 1.165) is 12.0 Å². The summed E-state index contributed by atoms with van der Waals surface area (Å²) in [5, 5.41) is 2.79. The molecule has 0 aliphatic carbocycles. The molecule has 0 saturated heterocycles. The standard InChI is InChI=1S/C10H10FNO/c1-2-9-8-5-6(11)3-4-7(8)10(13)12-9/h3-5,9H,2H2,1H3,(H,12,13). The van der Waals surface area contributed by atoms with Gasteiger partial charge < -0.3 is 5.32 Å². The van der Waals surface area contributed by atoms with Crippen LogP contribution in [0.4, 0.5) is 4.39 Å². The van der Waals surface area contributed by atoms with Gasteiger partial charge in [0, 0.05) is 5.56 Å². The summed E-state index contributed by atoms with van der Waals surface area (Å²) in [5.74, 6) is -0.379. The summed E-state index contributed by atoms with van der Waals surface area (Å²) in [6, 6.07) is 4.27. The largest absolute Gasteiger partial charge is 0.345 e. The Hall–Kier alpha value is -1.38. The van der Waals surface area contributed by atoms with Gasteiger partial charge in [-0.25, -0.2) is 4.39 Å². The van der Waals surface area contributed by atoms with E-state index < -0.39 is 0 Å². The van der Waals surface area contributed by atoms with Crippen LogP contribution in [0.5, 0.6) is 0 Å². The van der Waals surface area contributed by atoms with E-state index in [1.807, 2.05) is 6.92 Å². The number of fused-ring (bicyclic) bond motifs is 1. The molecule has 2 rings (SSSR count). The van der Waals surface area contributed by atoms with E-state index in [-0.39, 0.29) is 17.8 Å². The van der Waals surface area contributed by atoms with Gasteiger partial charge >= 0.3 is 0 Å². The highest BCUT2D eigenvalue weighted by Gasteiger charge is 2.26. The van der Waals surface area contributed by atoms with Crippen LogP contribution in [0.25, 0.3) is 0 Å². The lowest BCUT2D eigenvalue weighted by Gasteiger charge is -2.06. The quantitative estimate of drug-likeness (QED) is 0.702. The molecule has 1 aliphatic heterocycles. The second-order valence-corrected chi connectivity index (χ2v) is 3.17. The molecule has 0 spiro atoms. The van der Waals surface area contributed by atoms with Crippen LogP contribution in [-0.2, 0) is 0 Å². The van der Waals surface area contributed by atoms with E-state index in [1.54, 1.807) is 0 Å². The Kier molecular flexibility index (Phi) is 1.79. The lowest BCUT2D eigenvalue weighted by atomic mass is 10.0. The maximum Gasteiger partial charge on any atom is 0.252 e. The van der Waals surface area contributed by atoms with Gasteiger partial charge in [-0.2, -0.15) is 0 Å². The molecule has 1 amide bonds. The third kappa shape index (κ3) is 1.20. The van der Waals surface area contributed by atoms with Crippen LogP contribution in [0, 0.1) is 5.82 Å². The number of amides is 1. The molecule has 1 unspecified atom stereocenters. The molecule has 0 fully saturated rings. The summed E-state index contributed by atoms with van der Waals surface area (Å²) in [5.41, 5.74) is 1.39. The Morgan fingerprint density at radius 2 is 2.31 bits per heavy atom. The Morgan fingerprint density at radius 1 is 1.54 bits per heavy atom. The Balaban J connectivity index is 2.52. The molecule has 1 atom stereocenters. The average Bonchev–Trinajstić information content (AvgIpc) is 2.42. The molecule has 0 bridgehead atoms. The lowest BCUT2D eigenvalue weighted by Crippen LogP contribution is -2.17. The molecule has 0 radical (unpaired) electrons. The van der Waals surface area contributed by atoms with Crippen molar-refractivity contribution in [1.29, 1.82) is 0 Å². The predicted molar refractivity (Wildman–Crippen MR) is 46.9 cm³/mol. The van der Waals surface area contributed by atoms with Crippen LogP contribution in [-0.4, -0.2) is 5.91 Å². The minimum Gasteiger partial charge on any atom is -0.345 e. The summed E-state index contributed by atoms with van der Waals surface area (Å²) in [7, 11) is 0. The summed E-state index contributed by atoms with van der Waals surface area (Å²) < 4.78 is 12.9. The molecule has 68 valence electrons. The van der Waals surface area contributed by atoms with Crippen LogP contribution in [0.15, 0.2) is 18.2 Å². The zero-order valence-electron chi connectivity index (χ0n) is 7.30. The molecule has 0 saturated carbocycles. The molecule has 1 aromatic rings. The van der Waals surface area contributed by atoms with E-state index in [0.29, 0.717) is 5.56 Å². The molecular weight excluding hydrogens is 169 g/mol. The van der Waals surface area contributed by atoms with Gasteiger partial charge in [-0.3, -0.25) is 4.79 Å². The van der Waals surface area contributed by atoms with E-state index >= 15 is 0 Å². The first kappa shape index (κ1) is 8.23. The molecule has 13 heavy (non-hydrogen) atoms. The number of rotatable bonds is 1. The summed E-state index contributed by atoms with van der Waals surface area (Å²) >= 11 is 0. The summed E-state index contributed by atoms with van der Waals surface area (Å²) in [6.45, 7) is 1.96. The number of nitrogens with one attached hydrogen (secondary N) is 1. The highest BCUT2D eigenvalue weighted by molar-refractivity contribution is 5.99. The van der Waals surface area contributed by atoms with E-state index in [9.17, 15) is 9.18 Å². The van der Waals surface area contributed by atoms with Crippen molar-refractivity contribution in [1.82, 2.24) is 5.32 Å². The van der Waals surface area contributed by atoms with Crippen molar-refractivity contribution in [2.75, 3.05) is 0 Å². The first-order valence-corrected chi connectivity index (χ1v) is 4.32. The lowest BCUT2D eigenvalue weighted by molar-refractivity contribution is 0.0955. The van der Waals surface area contributed by atoms with Gasteiger partial charge in [0.25, 0.3) is 5.91 Å². The number of halogens is 1. The predicted octanol–water partition coefficient (Wildman–Crippen LogP) is 2.02. The first-order chi connectivity index (χ1) is 6.22. The van der Waals surface area contributed by atoms with Crippen molar-refractivity contribution in [3.8, 4) is 0 Å². The van der Waals surface area contributed by atoms with Crippen molar-refractivity contribution < 1.29 is 9.18 Å². The molecular formula is C10H10FNO. The van der Waals surface area contributed by atoms with Crippen molar-refractivity contribution in [2.45, 2.75) is 19.4 Å². The fraction of sp³-hybridized carbons (Fsp3) is 0.300. The molecule has 1 heterocycles. The number of carbonyl (C=O) groups is 1. The fourth-order valence-electron chi connectivity index (χ4n) is 1.66. The maximum absolute atomic E-state index is 12.9. The molecule has 1 N–H and O–H groups in total. The third-order valence-electron chi connectivity index (χ3n) is 2.35. The van der Waals surface area contributed by atoms with Gasteiger partial charge in [-0.05, 0) is 30.2 Å². The number of hydrogen-bond acceptors (Lipinski definition) is 1. The highest BCUT2D eigenvalue weighted by atomic mass is 19.1. The van der Waals surface area contributed by atoms with Gasteiger partial charge in [0.15, 0.2) is 0 Å². The average molecular weight is 179 g/mol. The van der Waals surface area contributed by atoms with E-state index in [2.05, 4.69) is 5.32 Å². The number of hydrogen-bond donors (Lipinski definition) is 1. The van der Waals surface area contributed by atoms with Gasteiger partial charge in [-0.1, -0.05) is 6.92 Å². The van der Waals surface area contributed by atoms with Crippen LogP contribution in [0.2, 0.25) is 0 Å². The van der Waals surface area contributed by atoms with Gasteiger partial charge in [0.2, 0.25) is 0 Å². The Morgan fingerprint density at radius 3 is 3.00 bits per heavy atom. The van der Waals surface area contributed by atoms with Crippen molar-refractivity contribution >= 4 is 5.91 Å². The molecule has 3 heteroatoms. The minimum atomic E-state index is -0.284. The van der Waals surface area contributed by atoms with Crippen molar-refractivity contribution in [3.05, 3.63) is 35.1 Å². The summed E-state index contributed by atoms with van der Waals surface area (Å²) in [6.07, 6.45) is 0.794. The third-order valence-corrected chi connectivity index (χ3v) is 2.35. The van der Waals surface area contributed by atoms with Crippen LogP contribution in [0.1, 0.15) is 35.3 Å². The maximum atomic E-state index is 12.9. The molecule has 1 aromatic carbocycles. The van der Waals surface area contributed by atoms with E-state index in [1.165, 1.54) is 18.2 Å². The minimum absolute atomic E-state index is 0.0156. The molecule has 1 aliphatic rings. The Bertz CT molecular complexity index is 362. The van der Waals surface area contributed by atoms with Crippen molar-refractivity contribution in [3.63, 3.8) is 0 Å². The normalized spacial score (nSPS) is 19.8. The summed E-state index contributed by atoms with van der Waals surface area (Å²) in [4.78, 5) is 11.3. The zero-order chi connectivity index (χ0) is 9.42. The second-order valence-electron chi connectivity index (χ2n) is 3.17.